The molecule has 3 N–H and O–H groups in total. The number of hydrogen-bond acceptors (Lipinski definition) is 16. The number of pyridine rings is 2. The number of nitrogens with zero attached hydrogens (tertiary/aromatic N) is 8. The third-order valence-corrected chi connectivity index (χ3v) is 18.0. The number of amides is 5. The van der Waals surface area contributed by atoms with E-state index in [1.165, 1.54) is 23.2 Å². The largest absolute Gasteiger partial charge is 0.412 e. The maximum absolute atomic E-state index is 14.1. The zero-order valence-electron chi connectivity index (χ0n) is 50.6. The number of piperidine rings is 2. The highest BCUT2D eigenvalue weighted by Crippen LogP contribution is 2.61. The summed E-state index contributed by atoms with van der Waals surface area (Å²) in [5, 5.41) is 18.3. The average molecular weight is 1360 g/mol. The number of aromatic nitrogens is 6. The molecule has 5 amide bonds. The average Bonchev–Trinajstić information content (AvgIpc) is 1.55. The molecule has 7 heterocycles. The molecule has 0 unspecified atom stereocenters. The fraction of sp³-hybridized carbons (Fsp3) is 0.415. The number of ether oxygens (including phenoxy) is 4. The summed E-state index contributed by atoms with van der Waals surface area (Å²) in [6, 6.07) is 15.3. The molecule has 0 radical (unpaired) electrons. The van der Waals surface area contributed by atoms with Crippen molar-refractivity contribution in [3.05, 3.63) is 136 Å². The van der Waals surface area contributed by atoms with Crippen LogP contribution in [0.5, 0.6) is 11.5 Å². The number of fused-ring (bicyclic) bond motifs is 3. The van der Waals surface area contributed by atoms with Gasteiger partial charge in [-0.1, -0.05) is 36.4 Å². The van der Waals surface area contributed by atoms with Gasteiger partial charge < -0.3 is 44.7 Å². The van der Waals surface area contributed by atoms with Crippen LogP contribution in [-0.4, -0.2) is 150 Å². The topological polar surface area (TPSA) is 277 Å². The molecular formula is C65H71Br2N11O12. The zero-order valence-corrected chi connectivity index (χ0v) is 53.7. The van der Waals surface area contributed by atoms with E-state index in [1.807, 2.05) is 44.2 Å². The van der Waals surface area contributed by atoms with Crippen molar-refractivity contribution in [3.8, 4) is 11.5 Å². The number of ketones is 3. The summed E-state index contributed by atoms with van der Waals surface area (Å²) >= 11 is 6.75. The van der Waals surface area contributed by atoms with Crippen molar-refractivity contribution < 1.29 is 57.3 Å². The predicted octanol–water partition coefficient (Wildman–Crippen LogP) is 9.29. The summed E-state index contributed by atoms with van der Waals surface area (Å²) in [7, 11) is 0. The van der Waals surface area contributed by atoms with E-state index in [0.717, 1.165) is 43.2 Å². The molecule has 2 saturated carbocycles. The van der Waals surface area contributed by atoms with Gasteiger partial charge >= 0.3 is 12.2 Å². The van der Waals surface area contributed by atoms with Crippen LogP contribution in [0, 0.1) is 24.7 Å². The molecule has 6 aromatic rings. The molecule has 2 aliphatic carbocycles. The van der Waals surface area contributed by atoms with Gasteiger partial charge in [0, 0.05) is 72.8 Å². The van der Waals surface area contributed by atoms with Crippen molar-refractivity contribution in [2.24, 2.45) is 10.8 Å². The third kappa shape index (κ3) is 14.5. The Hall–Kier alpha value is -8.26. The quantitative estimate of drug-likeness (QED) is 0.0313. The Labute approximate surface area is 536 Å². The smallest absolute Gasteiger partial charge is 0.410 e. The van der Waals surface area contributed by atoms with Crippen molar-refractivity contribution in [1.82, 2.24) is 50.0 Å². The molecule has 5 aliphatic rings. The molecule has 25 heteroatoms. The van der Waals surface area contributed by atoms with Gasteiger partial charge in [-0.2, -0.15) is 10.2 Å². The van der Waals surface area contributed by atoms with Gasteiger partial charge in [0.1, 0.15) is 57.0 Å². The first-order valence-corrected chi connectivity index (χ1v) is 31.5. The first-order chi connectivity index (χ1) is 43.2. The zero-order chi connectivity index (χ0) is 64.0. The summed E-state index contributed by atoms with van der Waals surface area (Å²) in [6.07, 6.45) is 11.7. The van der Waals surface area contributed by atoms with Crippen LogP contribution in [0.3, 0.4) is 0 Å². The second kappa shape index (κ2) is 27.9. The minimum absolute atomic E-state index is 0.0756. The highest BCUT2D eigenvalue weighted by atomic mass is 79.9. The number of aryl methyl sites for hydroxylation is 2. The van der Waals surface area contributed by atoms with Crippen molar-refractivity contribution in [2.45, 2.75) is 123 Å². The number of nitrogens with one attached hydrogen (secondary N) is 3. The van der Waals surface area contributed by atoms with Crippen molar-refractivity contribution in [3.63, 3.8) is 0 Å². The Morgan fingerprint density at radius 1 is 0.833 bits per heavy atom. The molecule has 90 heavy (non-hydrogen) atoms. The molecule has 4 fully saturated rings. The summed E-state index contributed by atoms with van der Waals surface area (Å²) in [5.74, 6) is -0.661. The number of carbonyl (C=O) groups is 8. The van der Waals surface area contributed by atoms with E-state index in [4.69, 9.17) is 18.9 Å². The Kier molecular flexibility index (Phi) is 20.0. The van der Waals surface area contributed by atoms with E-state index in [1.54, 1.807) is 64.4 Å². The lowest BCUT2D eigenvalue weighted by molar-refractivity contribution is -0.139. The van der Waals surface area contributed by atoms with Gasteiger partial charge in [-0.15, -0.1) is 13.2 Å². The molecule has 4 aromatic heterocycles. The first-order valence-electron chi connectivity index (χ1n) is 29.9. The lowest BCUT2D eigenvalue weighted by Crippen LogP contribution is -2.47. The highest BCUT2D eigenvalue weighted by molar-refractivity contribution is 9.10. The molecule has 2 saturated heterocycles. The number of allylic oxidation sites excluding steroid dienone is 2. The molecule has 23 nitrogen and oxygen atoms in total. The molecule has 2 aromatic carbocycles. The van der Waals surface area contributed by atoms with Crippen LogP contribution in [0.25, 0.3) is 21.8 Å². The maximum atomic E-state index is 14.1. The van der Waals surface area contributed by atoms with Crippen LogP contribution >= 0.6 is 31.9 Å². The van der Waals surface area contributed by atoms with E-state index >= 15 is 0 Å². The number of unbranched alkanes of at least 4 members (excludes halogenated alkanes) is 1. The first kappa shape index (κ1) is 64.7. The Balaban J connectivity index is 0.000000198. The van der Waals surface area contributed by atoms with Gasteiger partial charge in [0.05, 0.1) is 55.6 Å². The third-order valence-electron chi connectivity index (χ3n) is 17.1. The fourth-order valence-electron chi connectivity index (χ4n) is 12.3. The predicted molar refractivity (Wildman–Crippen MR) is 340 cm³/mol. The molecule has 11 rings (SSSR count). The lowest BCUT2D eigenvalue weighted by Gasteiger charge is -2.27. The number of rotatable bonds is 18. The number of Topliss-reactive ketones (excluding diaryl/α,β-unsaturated/α-hetero) is 3. The van der Waals surface area contributed by atoms with Gasteiger partial charge in [0.15, 0.2) is 17.3 Å². The van der Waals surface area contributed by atoms with E-state index in [2.05, 4.69) is 81.1 Å². The van der Waals surface area contributed by atoms with E-state index in [-0.39, 0.29) is 100 Å². The number of halogens is 2. The van der Waals surface area contributed by atoms with Crippen LogP contribution in [-0.2, 0) is 48.2 Å². The van der Waals surface area contributed by atoms with Crippen molar-refractivity contribution in [1.29, 1.82) is 0 Å². The summed E-state index contributed by atoms with van der Waals surface area (Å²) < 4.78 is 26.9. The number of anilines is 1. The second-order valence-electron chi connectivity index (χ2n) is 23.5. The molecule has 4 bridgehead atoms. The van der Waals surface area contributed by atoms with Gasteiger partial charge in [-0.25, -0.2) is 19.6 Å². The Bertz CT molecular complexity index is 3880. The summed E-state index contributed by atoms with van der Waals surface area (Å²) in [5.41, 5.74) is 3.06. The number of hydrogen-bond donors (Lipinski definition) is 3. The lowest BCUT2D eigenvalue weighted by atomic mass is 9.95. The normalized spacial score (nSPS) is 21.9. The van der Waals surface area contributed by atoms with E-state index in [9.17, 15) is 38.4 Å². The van der Waals surface area contributed by atoms with Gasteiger partial charge in [0.25, 0.3) is 0 Å². The fourth-order valence-corrected chi connectivity index (χ4v) is 13.0. The molecule has 472 valence electrons. The number of carbonyl (C=O) groups excluding carboxylic acids is 8. The van der Waals surface area contributed by atoms with Gasteiger partial charge in [0.2, 0.25) is 17.7 Å². The number of benzene rings is 2. The highest BCUT2D eigenvalue weighted by Gasteiger charge is 2.68. The van der Waals surface area contributed by atoms with Crippen LogP contribution in [0.1, 0.15) is 103 Å². The summed E-state index contributed by atoms with van der Waals surface area (Å²) in [4.78, 5) is 118. The Morgan fingerprint density at radius 3 is 2.34 bits per heavy atom. The SMILES string of the molecule is C=CCCCNC(=O)Oc1ccc2c(C(C)=O)nn(CC(=O)N3[C@H](C(=O)Nc4nc(Br)ccc4C)C[C@@]4(COCC=C)C[C@@H]34)c2c1.CC(=O)c1nn2c3cc(ccc13)OC(=O)NCCCC=CCOC[C@@]13C[C@@H](C(=O)Cc4nc(Br)ccc4C)N(C(=O)C2)[C@@H]1C3. The standard InChI is InChI=1S/C33H37BrN6O6.C32H34BrN5O6/c1-5-7-8-13-35-32(44)46-22-10-11-23-24(15-22)39(38-29(23)21(4)41)18-28(42)40-25(16-33(17-26(33)40)19-45-14-6-2)31(43)37-30-20(3)9-12-27(34)36-30;1-19-7-10-28(33)35-23(19)14-26(40)25-15-32-16-27(32)38(25)29(41)17-37-24-13-21(8-9-22(24)30(36-37)20(2)39)44-31(42)34-11-5-3-4-6-12-43-18-32/h5-6,9-12,15,25-26H,1-2,7-8,13-14,16-19H2,3-4H3,(H,35,44)(H,36,37,43);4,6-10,13,25,27H,3,5,11-12,14-18H2,1-2H3,(H,34,42)/t25-,26+,33-;25-,27+,32-/m00/s1. The van der Waals surface area contributed by atoms with Crippen LogP contribution in [0.2, 0.25) is 0 Å². The second-order valence-corrected chi connectivity index (χ2v) is 25.1. The number of likely N-dealkylation sites (tertiary alicyclic amines) is 1. The van der Waals surface area contributed by atoms with Crippen molar-refractivity contribution >= 4 is 107 Å². The minimum atomic E-state index is -0.767. The van der Waals surface area contributed by atoms with Crippen molar-refractivity contribution in [2.75, 3.05) is 44.8 Å². The molecule has 0 spiro atoms. The van der Waals surface area contributed by atoms with Gasteiger partial charge in [-0.3, -0.25) is 38.1 Å². The maximum Gasteiger partial charge on any atom is 0.412 e. The van der Waals surface area contributed by atoms with Crippen LogP contribution < -0.4 is 25.4 Å². The minimum Gasteiger partial charge on any atom is -0.410 e. The monoisotopic (exact) mass is 1360 g/mol. The Morgan fingerprint density at radius 2 is 1.58 bits per heavy atom. The molecular weight excluding hydrogens is 1290 g/mol. The van der Waals surface area contributed by atoms with Crippen LogP contribution in [0.15, 0.2) is 107 Å². The van der Waals surface area contributed by atoms with E-state index < -0.39 is 24.3 Å². The summed E-state index contributed by atoms with van der Waals surface area (Å²) in [6.45, 7) is 16.0. The molecule has 6 atom stereocenters. The van der Waals surface area contributed by atoms with E-state index in [0.29, 0.717) is 101 Å². The van der Waals surface area contributed by atoms with Crippen LogP contribution in [0.4, 0.5) is 15.4 Å². The van der Waals surface area contributed by atoms with Gasteiger partial charge in [-0.05, 0) is 145 Å². The molecule has 3 aliphatic heterocycles.